The number of hydrogen-bond acceptors (Lipinski definition) is 4. The first kappa shape index (κ1) is 20.4. The summed E-state index contributed by atoms with van der Waals surface area (Å²) >= 11 is 0. The fourth-order valence-electron chi connectivity index (χ4n) is 4.42. The SMILES string of the molecule is COc1c(N(OCc2ccccc2)C2CCC(c3ccccc3)CC2)ccnc1C. The zero-order chi connectivity index (χ0) is 20.8. The van der Waals surface area contributed by atoms with Crippen LogP contribution in [0.5, 0.6) is 5.75 Å². The van der Waals surface area contributed by atoms with Gasteiger partial charge in [0.05, 0.1) is 25.5 Å². The molecule has 0 saturated heterocycles. The van der Waals surface area contributed by atoms with E-state index in [-0.39, 0.29) is 0 Å². The number of rotatable bonds is 7. The van der Waals surface area contributed by atoms with E-state index in [0.29, 0.717) is 18.6 Å². The van der Waals surface area contributed by atoms with E-state index in [1.807, 2.05) is 37.4 Å². The van der Waals surface area contributed by atoms with E-state index < -0.39 is 0 Å². The molecular weight excluding hydrogens is 372 g/mol. The third-order valence-corrected chi connectivity index (χ3v) is 6.02. The average Bonchev–Trinajstić information content (AvgIpc) is 2.81. The van der Waals surface area contributed by atoms with Gasteiger partial charge in [0.25, 0.3) is 0 Å². The van der Waals surface area contributed by atoms with Gasteiger partial charge in [0.2, 0.25) is 0 Å². The second-order valence-electron chi connectivity index (χ2n) is 7.95. The first-order valence-electron chi connectivity index (χ1n) is 10.8. The number of hydroxylamine groups is 1. The van der Waals surface area contributed by atoms with Crippen molar-refractivity contribution in [1.82, 2.24) is 4.98 Å². The number of aryl methyl sites for hydroxylation is 1. The molecule has 30 heavy (non-hydrogen) atoms. The summed E-state index contributed by atoms with van der Waals surface area (Å²) in [4.78, 5) is 10.8. The van der Waals surface area contributed by atoms with E-state index >= 15 is 0 Å². The lowest BCUT2D eigenvalue weighted by molar-refractivity contribution is 0.0613. The Kier molecular flexibility index (Phi) is 6.65. The molecule has 0 amide bonds. The van der Waals surface area contributed by atoms with E-state index in [0.717, 1.165) is 48.4 Å². The van der Waals surface area contributed by atoms with Crippen LogP contribution in [0.1, 0.15) is 48.4 Å². The Labute approximate surface area is 179 Å². The summed E-state index contributed by atoms with van der Waals surface area (Å²) in [5.41, 5.74) is 4.45. The van der Waals surface area contributed by atoms with Crippen LogP contribution in [-0.2, 0) is 11.4 Å². The zero-order valence-electron chi connectivity index (χ0n) is 17.8. The number of ether oxygens (including phenoxy) is 1. The lowest BCUT2D eigenvalue weighted by atomic mass is 9.81. The van der Waals surface area contributed by atoms with Crippen molar-refractivity contribution in [3.8, 4) is 5.75 Å². The quantitative estimate of drug-likeness (QED) is 0.450. The highest BCUT2D eigenvalue weighted by Gasteiger charge is 2.30. The molecule has 1 aliphatic rings. The van der Waals surface area contributed by atoms with E-state index in [4.69, 9.17) is 9.57 Å². The van der Waals surface area contributed by atoms with Gasteiger partial charge in [-0.1, -0.05) is 60.7 Å². The predicted molar refractivity (Wildman–Crippen MR) is 121 cm³/mol. The molecule has 0 radical (unpaired) electrons. The highest BCUT2D eigenvalue weighted by molar-refractivity contribution is 5.59. The van der Waals surface area contributed by atoms with Gasteiger partial charge in [0.15, 0.2) is 5.75 Å². The molecule has 156 valence electrons. The molecular formula is C26H30N2O2. The minimum Gasteiger partial charge on any atom is -0.493 e. The number of nitrogens with zero attached hydrogens (tertiary/aromatic N) is 2. The van der Waals surface area contributed by atoms with Crippen molar-refractivity contribution in [2.75, 3.05) is 12.2 Å². The summed E-state index contributed by atoms with van der Waals surface area (Å²) in [6.07, 6.45) is 6.32. The average molecular weight is 403 g/mol. The number of methoxy groups -OCH3 is 1. The Bertz CT molecular complexity index is 922. The van der Waals surface area contributed by atoms with E-state index in [9.17, 15) is 0 Å². The fourth-order valence-corrected chi connectivity index (χ4v) is 4.42. The number of anilines is 1. The van der Waals surface area contributed by atoms with Crippen molar-refractivity contribution >= 4 is 5.69 Å². The van der Waals surface area contributed by atoms with E-state index in [1.165, 1.54) is 5.56 Å². The third-order valence-electron chi connectivity index (χ3n) is 6.02. The van der Waals surface area contributed by atoms with Crippen molar-refractivity contribution in [3.63, 3.8) is 0 Å². The lowest BCUT2D eigenvalue weighted by Gasteiger charge is -2.38. The molecule has 2 aromatic carbocycles. The van der Waals surface area contributed by atoms with Crippen LogP contribution in [0.3, 0.4) is 0 Å². The molecule has 1 aromatic heterocycles. The highest BCUT2D eigenvalue weighted by atomic mass is 16.7. The Morgan fingerprint density at radius 2 is 1.57 bits per heavy atom. The van der Waals surface area contributed by atoms with E-state index in [1.54, 1.807) is 7.11 Å². The van der Waals surface area contributed by atoms with Gasteiger partial charge >= 0.3 is 0 Å². The van der Waals surface area contributed by atoms with Gasteiger partial charge in [-0.2, -0.15) is 0 Å². The Balaban J connectivity index is 1.54. The normalized spacial score (nSPS) is 18.7. The molecule has 0 bridgehead atoms. The van der Waals surface area contributed by atoms with Crippen LogP contribution in [0.15, 0.2) is 72.9 Å². The number of aromatic nitrogens is 1. The largest absolute Gasteiger partial charge is 0.493 e. The van der Waals surface area contributed by atoms with Gasteiger partial charge in [-0.25, -0.2) is 5.06 Å². The van der Waals surface area contributed by atoms with Gasteiger partial charge in [-0.05, 0) is 55.7 Å². The molecule has 4 heteroatoms. The van der Waals surface area contributed by atoms with Gasteiger partial charge in [-0.3, -0.25) is 9.82 Å². The van der Waals surface area contributed by atoms with Crippen molar-refractivity contribution in [3.05, 3.63) is 89.7 Å². The van der Waals surface area contributed by atoms with Crippen molar-refractivity contribution < 1.29 is 9.57 Å². The van der Waals surface area contributed by atoms with Crippen LogP contribution in [0, 0.1) is 6.92 Å². The summed E-state index contributed by atoms with van der Waals surface area (Å²) in [6, 6.07) is 23.5. The summed E-state index contributed by atoms with van der Waals surface area (Å²) in [5.74, 6) is 1.41. The molecule has 4 nitrogen and oxygen atoms in total. The molecule has 1 heterocycles. The highest BCUT2D eigenvalue weighted by Crippen LogP contribution is 2.39. The van der Waals surface area contributed by atoms with Crippen LogP contribution in [0.25, 0.3) is 0 Å². The molecule has 0 aliphatic heterocycles. The molecule has 1 saturated carbocycles. The third kappa shape index (κ3) is 4.65. The minimum absolute atomic E-state index is 0.310. The topological polar surface area (TPSA) is 34.6 Å². The van der Waals surface area contributed by atoms with Gasteiger partial charge in [0, 0.05) is 6.20 Å². The Morgan fingerprint density at radius 3 is 2.23 bits per heavy atom. The maximum atomic E-state index is 6.42. The van der Waals surface area contributed by atoms with Crippen molar-refractivity contribution in [2.45, 2.75) is 51.2 Å². The molecule has 1 fully saturated rings. The van der Waals surface area contributed by atoms with Crippen LogP contribution >= 0.6 is 0 Å². The second kappa shape index (κ2) is 9.77. The lowest BCUT2D eigenvalue weighted by Crippen LogP contribution is -2.38. The van der Waals surface area contributed by atoms with Gasteiger partial charge in [-0.15, -0.1) is 0 Å². The van der Waals surface area contributed by atoms with Crippen LogP contribution in [-0.4, -0.2) is 18.1 Å². The van der Waals surface area contributed by atoms with Gasteiger partial charge < -0.3 is 4.74 Å². The molecule has 4 rings (SSSR count). The predicted octanol–water partition coefficient (Wildman–Crippen LogP) is 6.06. The van der Waals surface area contributed by atoms with Crippen LogP contribution in [0.4, 0.5) is 5.69 Å². The molecule has 0 unspecified atom stereocenters. The maximum Gasteiger partial charge on any atom is 0.165 e. The van der Waals surface area contributed by atoms with Crippen LogP contribution < -0.4 is 9.80 Å². The summed E-state index contributed by atoms with van der Waals surface area (Å²) in [6.45, 7) is 2.51. The molecule has 0 atom stereocenters. The minimum atomic E-state index is 0.310. The monoisotopic (exact) mass is 402 g/mol. The van der Waals surface area contributed by atoms with Gasteiger partial charge in [0.1, 0.15) is 5.69 Å². The second-order valence-corrected chi connectivity index (χ2v) is 7.95. The molecule has 1 aliphatic carbocycles. The van der Waals surface area contributed by atoms with Crippen molar-refractivity contribution in [1.29, 1.82) is 0 Å². The molecule has 0 spiro atoms. The summed E-state index contributed by atoms with van der Waals surface area (Å²) < 4.78 is 5.71. The Hall–Kier alpha value is -2.85. The zero-order valence-corrected chi connectivity index (χ0v) is 17.8. The van der Waals surface area contributed by atoms with E-state index in [2.05, 4.69) is 52.5 Å². The molecule has 3 aromatic rings. The summed E-state index contributed by atoms with van der Waals surface area (Å²) in [7, 11) is 1.70. The Morgan fingerprint density at radius 1 is 0.900 bits per heavy atom. The summed E-state index contributed by atoms with van der Waals surface area (Å²) in [5, 5.41) is 2.09. The maximum absolute atomic E-state index is 6.42. The van der Waals surface area contributed by atoms with Crippen molar-refractivity contribution in [2.24, 2.45) is 0 Å². The first-order chi connectivity index (χ1) is 14.8. The number of benzene rings is 2. The standard InChI is InChI=1S/C26H30N2O2/c1-20-26(29-2)25(17-18-27-20)28(30-19-21-9-5-3-6-10-21)24-15-13-23(14-16-24)22-11-7-4-8-12-22/h3-12,17-18,23-24H,13-16,19H2,1-2H3. The van der Waals surface area contributed by atoms with Crippen LogP contribution in [0.2, 0.25) is 0 Å². The first-order valence-corrected chi connectivity index (χ1v) is 10.8. The molecule has 0 N–H and O–H groups in total. The fraction of sp³-hybridized carbons (Fsp3) is 0.346. The smallest absolute Gasteiger partial charge is 0.165 e. The number of hydrogen-bond donors (Lipinski definition) is 0. The number of pyridine rings is 1.